The molecule has 1 aromatic carbocycles. The molecule has 0 aliphatic heterocycles. The number of furan rings is 1. The fourth-order valence-electron chi connectivity index (χ4n) is 2.07. The Morgan fingerprint density at radius 2 is 1.88 bits per heavy atom. The van der Waals surface area contributed by atoms with Gasteiger partial charge in [-0.3, -0.25) is 0 Å². The van der Waals surface area contributed by atoms with E-state index >= 15 is 0 Å². The molecular weight excluding hydrogens is 216 g/mol. The van der Waals surface area contributed by atoms with Gasteiger partial charge in [0.05, 0.1) is 13.4 Å². The van der Waals surface area contributed by atoms with E-state index in [1.807, 2.05) is 26.0 Å². The van der Waals surface area contributed by atoms with Crippen LogP contribution < -0.4 is 4.74 Å². The molecule has 0 radical (unpaired) electrons. The Labute approximate surface area is 101 Å². The molecule has 1 N–H and O–H groups in total. The van der Waals surface area contributed by atoms with Crippen LogP contribution in [0.1, 0.15) is 28.6 Å². The Balaban J connectivity index is 2.40. The highest BCUT2D eigenvalue weighted by Crippen LogP contribution is 2.30. The van der Waals surface area contributed by atoms with Crippen molar-refractivity contribution >= 4 is 0 Å². The Morgan fingerprint density at radius 3 is 2.35 bits per heavy atom. The molecule has 0 spiro atoms. The van der Waals surface area contributed by atoms with Gasteiger partial charge in [0, 0.05) is 0 Å². The summed E-state index contributed by atoms with van der Waals surface area (Å²) < 4.78 is 10.5. The molecule has 0 amide bonds. The van der Waals surface area contributed by atoms with Crippen molar-refractivity contribution in [2.75, 3.05) is 7.11 Å². The first-order valence-electron chi connectivity index (χ1n) is 5.50. The van der Waals surface area contributed by atoms with Gasteiger partial charge < -0.3 is 14.3 Å². The lowest BCUT2D eigenvalue weighted by Gasteiger charge is -2.14. The fraction of sp³-hybridized carbons (Fsp3) is 0.286. The molecule has 0 aliphatic carbocycles. The van der Waals surface area contributed by atoms with E-state index in [2.05, 4.69) is 0 Å². The standard InChI is InChI=1S/C14H16O3/c1-9-7-11(8-10(2)14(9)16-3)13(15)12-5-4-6-17-12/h4-8,13,15H,1-3H3/t13-/m0/s1. The Morgan fingerprint density at radius 1 is 1.24 bits per heavy atom. The summed E-state index contributed by atoms with van der Waals surface area (Å²) in [4.78, 5) is 0. The smallest absolute Gasteiger partial charge is 0.137 e. The number of aliphatic hydroxyl groups excluding tert-OH is 1. The summed E-state index contributed by atoms with van der Waals surface area (Å²) in [7, 11) is 1.65. The largest absolute Gasteiger partial charge is 0.496 e. The van der Waals surface area contributed by atoms with Crippen molar-refractivity contribution in [1.82, 2.24) is 0 Å². The quantitative estimate of drug-likeness (QED) is 0.884. The highest BCUT2D eigenvalue weighted by molar-refractivity contribution is 5.44. The van der Waals surface area contributed by atoms with Gasteiger partial charge in [-0.2, -0.15) is 0 Å². The van der Waals surface area contributed by atoms with Crippen LogP contribution in [0.15, 0.2) is 34.9 Å². The molecule has 17 heavy (non-hydrogen) atoms. The first-order chi connectivity index (χ1) is 8.13. The molecular formula is C14H16O3. The second kappa shape index (κ2) is 4.63. The molecule has 0 bridgehead atoms. The molecule has 1 aromatic heterocycles. The minimum Gasteiger partial charge on any atom is -0.496 e. The zero-order chi connectivity index (χ0) is 12.4. The van der Waals surface area contributed by atoms with Crippen LogP contribution in [-0.4, -0.2) is 12.2 Å². The van der Waals surface area contributed by atoms with Crippen molar-refractivity contribution in [2.24, 2.45) is 0 Å². The molecule has 3 heteroatoms. The van der Waals surface area contributed by atoms with Crippen LogP contribution >= 0.6 is 0 Å². The van der Waals surface area contributed by atoms with Gasteiger partial charge in [-0.1, -0.05) is 0 Å². The molecule has 90 valence electrons. The Hall–Kier alpha value is -1.74. The third-order valence-corrected chi connectivity index (χ3v) is 2.82. The van der Waals surface area contributed by atoms with E-state index in [0.29, 0.717) is 5.76 Å². The summed E-state index contributed by atoms with van der Waals surface area (Å²) in [5.41, 5.74) is 2.83. The maximum atomic E-state index is 10.2. The molecule has 0 saturated heterocycles. The number of hydrogen-bond donors (Lipinski definition) is 1. The fourth-order valence-corrected chi connectivity index (χ4v) is 2.07. The second-order valence-electron chi connectivity index (χ2n) is 4.11. The molecule has 1 atom stereocenters. The monoisotopic (exact) mass is 232 g/mol. The van der Waals surface area contributed by atoms with E-state index in [1.54, 1.807) is 25.5 Å². The molecule has 0 saturated carbocycles. The lowest BCUT2D eigenvalue weighted by molar-refractivity contribution is 0.189. The van der Waals surface area contributed by atoms with Crippen molar-refractivity contribution in [1.29, 1.82) is 0 Å². The van der Waals surface area contributed by atoms with Crippen LogP contribution in [0.5, 0.6) is 5.75 Å². The lowest BCUT2D eigenvalue weighted by Crippen LogP contribution is -2.01. The average molecular weight is 232 g/mol. The number of benzene rings is 1. The first kappa shape index (κ1) is 11.7. The molecule has 0 unspecified atom stereocenters. The van der Waals surface area contributed by atoms with E-state index in [-0.39, 0.29) is 0 Å². The van der Waals surface area contributed by atoms with Crippen molar-refractivity contribution < 1.29 is 14.3 Å². The predicted molar refractivity (Wildman–Crippen MR) is 65.2 cm³/mol. The normalized spacial score (nSPS) is 12.5. The summed E-state index contributed by atoms with van der Waals surface area (Å²) in [5, 5.41) is 10.2. The second-order valence-corrected chi connectivity index (χ2v) is 4.11. The third kappa shape index (κ3) is 2.19. The summed E-state index contributed by atoms with van der Waals surface area (Å²) in [6.07, 6.45) is 0.829. The minimum absolute atomic E-state index is 0.550. The van der Waals surface area contributed by atoms with Gasteiger partial charge in [0.1, 0.15) is 17.6 Å². The molecule has 2 rings (SSSR count). The van der Waals surface area contributed by atoms with E-state index in [4.69, 9.17) is 9.15 Å². The molecule has 0 fully saturated rings. The average Bonchev–Trinajstić information content (AvgIpc) is 2.81. The maximum Gasteiger partial charge on any atom is 0.137 e. The van der Waals surface area contributed by atoms with Crippen molar-refractivity contribution in [2.45, 2.75) is 20.0 Å². The van der Waals surface area contributed by atoms with Crippen LogP contribution in [0, 0.1) is 13.8 Å². The molecule has 0 aliphatic rings. The lowest BCUT2D eigenvalue weighted by atomic mass is 10.0. The Bertz CT molecular complexity index is 477. The van der Waals surface area contributed by atoms with E-state index in [9.17, 15) is 5.11 Å². The number of hydrogen-bond acceptors (Lipinski definition) is 3. The van der Waals surface area contributed by atoms with E-state index in [1.165, 1.54) is 0 Å². The first-order valence-corrected chi connectivity index (χ1v) is 5.50. The number of aliphatic hydroxyl groups is 1. The van der Waals surface area contributed by atoms with Gasteiger partial charge in [0.2, 0.25) is 0 Å². The summed E-state index contributed by atoms with van der Waals surface area (Å²) in [6.45, 7) is 3.92. The van der Waals surface area contributed by atoms with Gasteiger partial charge in [-0.15, -0.1) is 0 Å². The predicted octanol–water partition coefficient (Wildman–Crippen LogP) is 2.99. The number of methoxy groups -OCH3 is 1. The van der Waals surface area contributed by atoms with E-state index < -0.39 is 6.10 Å². The minimum atomic E-state index is -0.728. The van der Waals surface area contributed by atoms with Crippen molar-refractivity contribution in [3.05, 3.63) is 53.0 Å². The summed E-state index contributed by atoms with van der Waals surface area (Å²) in [6, 6.07) is 7.36. The number of aryl methyl sites for hydroxylation is 2. The highest BCUT2D eigenvalue weighted by atomic mass is 16.5. The highest BCUT2D eigenvalue weighted by Gasteiger charge is 2.15. The third-order valence-electron chi connectivity index (χ3n) is 2.82. The number of rotatable bonds is 3. The SMILES string of the molecule is COc1c(C)cc([C@H](O)c2ccco2)cc1C. The summed E-state index contributed by atoms with van der Waals surface area (Å²) in [5.74, 6) is 1.41. The maximum absolute atomic E-state index is 10.2. The van der Waals surface area contributed by atoms with Gasteiger partial charge in [-0.05, 0) is 54.8 Å². The Kier molecular flexibility index (Phi) is 3.20. The zero-order valence-corrected chi connectivity index (χ0v) is 10.2. The van der Waals surface area contributed by atoms with Crippen molar-refractivity contribution in [3.8, 4) is 5.75 Å². The topological polar surface area (TPSA) is 42.6 Å². The van der Waals surface area contributed by atoms with Crippen LogP contribution in [0.3, 0.4) is 0 Å². The summed E-state index contributed by atoms with van der Waals surface area (Å²) >= 11 is 0. The van der Waals surface area contributed by atoms with Gasteiger partial charge >= 0.3 is 0 Å². The van der Waals surface area contributed by atoms with Gasteiger partial charge in [0.15, 0.2) is 0 Å². The van der Waals surface area contributed by atoms with E-state index in [0.717, 1.165) is 22.4 Å². The van der Waals surface area contributed by atoms with Crippen LogP contribution in [0.25, 0.3) is 0 Å². The number of ether oxygens (including phenoxy) is 1. The van der Waals surface area contributed by atoms with Crippen LogP contribution in [0.2, 0.25) is 0 Å². The van der Waals surface area contributed by atoms with Gasteiger partial charge in [-0.25, -0.2) is 0 Å². The molecule has 3 nitrogen and oxygen atoms in total. The molecule has 2 aromatic rings. The van der Waals surface area contributed by atoms with Crippen molar-refractivity contribution in [3.63, 3.8) is 0 Å². The van der Waals surface area contributed by atoms with Gasteiger partial charge in [0.25, 0.3) is 0 Å². The van der Waals surface area contributed by atoms with Crippen LogP contribution in [0.4, 0.5) is 0 Å². The molecule has 1 heterocycles. The zero-order valence-electron chi connectivity index (χ0n) is 10.2. The van der Waals surface area contributed by atoms with Crippen LogP contribution in [-0.2, 0) is 0 Å².